The molecule has 0 amide bonds. The van der Waals surface area contributed by atoms with Gasteiger partial charge < -0.3 is 4.42 Å². The molecule has 5 nitrogen and oxygen atoms in total. The molecule has 0 fully saturated rings. The third-order valence-electron chi connectivity index (χ3n) is 3.36. The number of aromatic nitrogens is 2. The van der Waals surface area contributed by atoms with Crippen molar-refractivity contribution in [3.05, 3.63) is 66.2 Å². The molecular weight excluding hydrogens is 308 g/mol. The van der Waals surface area contributed by atoms with Crippen LogP contribution < -0.4 is 5.43 Å². The second-order valence-electron chi connectivity index (χ2n) is 4.80. The minimum absolute atomic E-state index is 0.677. The van der Waals surface area contributed by atoms with Crippen LogP contribution in [-0.4, -0.2) is 16.2 Å². The number of fused-ring (bicyclic) bond motifs is 1. The molecule has 23 heavy (non-hydrogen) atoms. The first-order valence-electron chi connectivity index (χ1n) is 7.02. The fourth-order valence-electron chi connectivity index (χ4n) is 2.31. The normalized spacial score (nSPS) is 11.3. The molecule has 0 unspecified atom stereocenters. The molecule has 4 rings (SSSR count). The first-order chi connectivity index (χ1) is 11.4. The van der Waals surface area contributed by atoms with Crippen LogP contribution in [0.15, 0.2) is 70.0 Å². The van der Waals surface area contributed by atoms with Gasteiger partial charge in [-0.3, -0.25) is 5.43 Å². The van der Waals surface area contributed by atoms with Crippen LogP contribution in [0.5, 0.6) is 0 Å². The Bertz CT molecular complexity index is 945. The van der Waals surface area contributed by atoms with Crippen LogP contribution in [0.2, 0.25) is 0 Å². The number of hydrogen-bond donors (Lipinski definition) is 1. The van der Waals surface area contributed by atoms with Crippen molar-refractivity contribution in [3.63, 3.8) is 0 Å². The van der Waals surface area contributed by atoms with Gasteiger partial charge in [-0.1, -0.05) is 30.3 Å². The zero-order valence-corrected chi connectivity index (χ0v) is 12.8. The number of benzene rings is 1. The summed E-state index contributed by atoms with van der Waals surface area (Å²) in [6, 6.07) is 13.8. The van der Waals surface area contributed by atoms with Crippen molar-refractivity contribution in [2.24, 2.45) is 5.10 Å². The van der Waals surface area contributed by atoms with E-state index in [-0.39, 0.29) is 0 Å². The van der Waals surface area contributed by atoms with E-state index in [4.69, 9.17) is 4.42 Å². The number of anilines is 1. The molecule has 6 heteroatoms. The number of rotatable bonds is 4. The van der Waals surface area contributed by atoms with Crippen LogP contribution in [0.3, 0.4) is 0 Å². The van der Waals surface area contributed by atoms with Gasteiger partial charge in [0.15, 0.2) is 5.82 Å². The molecule has 0 spiro atoms. The van der Waals surface area contributed by atoms with E-state index >= 15 is 0 Å². The summed E-state index contributed by atoms with van der Waals surface area (Å²) in [6.45, 7) is 0. The van der Waals surface area contributed by atoms with Crippen molar-refractivity contribution in [2.45, 2.75) is 0 Å². The number of hydrogen-bond acceptors (Lipinski definition) is 6. The van der Waals surface area contributed by atoms with E-state index in [0.717, 1.165) is 21.3 Å². The number of hydrazone groups is 1. The maximum absolute atomic E-state index is 5.22. The summed E-state index contributed by atoms with van der Waals surface area (Å²) in [5.74, 6) is 1.36. The molecule has 0 aliphatic heterocycles. The Kier molecular flexibility index (Phi) is 3.57. The third-order valence-corrected chi connectivity index (χ3v) is 4.25. The molecule has 4 aromatic rings. The molecule has 0 aliphatic rings. The quantitative estimate of drug-likeness (QED) is 0.447. The first kappa shape index (κ1) is 13.7. The minimum Gasteiger partial charge on any atom is -0.463 e. The van der Waals surface area contributed by atoms with Crippen LogP contribution in [0.4, 0.5) is 5.82 Å². The van der Waals surface area contributed by atoms with Crippen LogP contribution >= 0.6 is 11.3 Å². The molecule has 112 valence electrons. The lowest BCUT2D eigenvalue weighted by Crippen LogP contribution is -1.95. The zero-order valence-electron chi connectivity index (χ0n) is 12.0. The van der Waals surface area contributed by atoms with E-state index in [1.165, 1.54) is 0 Å². The first-order valence-corrected chi connectivity index (χ1v) is 7.90. The maximum atomic E-state index is 5.22. The highest BCUT2D eigenvalue weighted by Crippen LogP contribution is 2.36. The van der Waals surface area contributed by atoms with Crippen molar-refractivity contribution in [1.82, 2.24) is 9.97 Å². The molecule has 0 radical (unpaired) electrons. The Hall–Kier alpha value is -2.99. The molecule has 3 aromatic heterocycles. The highest BCUT2D eigenvalue weighted by atomic mass is 32.1. The summed E-state index contributed by atoms with van der Waals surface area (Å²) in [7, 11) is 0. The molecule has 0 saturated carbocycles. The summed E-state index contributed by atoms with van der Waals surface area (Å²) in [4.78, 5) is 9.59. The van der Waals surface area contributed by atoms with Crippen molar-refractivity contribution in [1.29, 1.82) is 0 Å². The fourth-order valence-corrected chi connectivity index (χ4v) is 3.23. The highest BCUT2D eigenvalue weighted by Gasteiger charge is 2.12. The number of nitrogens with zero attached hydrogens (tertiary/aromatic N) is 3. The van der Waals surface area contributed by atoms with Crippen LogP contribution in [0.25, 0.3) is 21.3 Å². The van der Waals surface area contributed by atoms with Crippen LogP contribution in [0.1, 0.15) is 5.76 Å². The molecule has 1 N–H and O–H groups in total. The smallest absolute Gasteiger partial charge is 0.159 e. The Labute approximate surface area is 136 Å². The Morgan fingerprint density at radius 3 is 2.83 bits per heavy atom. The molecule has 3 heterocycles. The number of furan rings is 1. The van der Waals surface area contributed by atoms with Crippen LogP contribution in [-0.2, 0) is 0 Å². The lowest BCUT2D eigenvalue weighted by atomic mass is 10.1. The SMILES string of the molecule is C(=N\Nc1ncnc2scc(-c3ccccc3)c12)/c1ccco1. The third kappa shape index (κ3) is 2.72. The van der Waals surface area contributed by atoms with Crippen LogP contribution in [0, 0.1) is 0 Å². The van der Waals surface area contributed by atoms with Gasteiger partial charge in [-0.25, -0.2) is 9.97 Å². The molecule has 0 saturated heterocycles. The van der Waals surface area contributed by atoms with Gasteiger partial charge in [0.2, 0.25) is 0 Å². The largest absolute Gasteiger partial charge is 0.463 e. The highest BCUT2D eigenvalue weighted by molar-refractivity contribution is 7.17. The summed E-state index contributed by atoms with van der Waals surface area (Å²) in [5.41, 5.74) is 5.22. The predicted molar refractivity (Wildman–Crippen MR) is 92.8 cm³/mol. The average molecular weight is 320 g/mol. The van der Waals surface area contributed by atoms with Gasteiger partial charge in [-0.2, -0.15) is 5.10 Å². The summed E-state index contributed by atoms with van der Waals surface area (Å²) in [6.07, 6.45) is 4.76. The molecule has 0 atom stereocenters. The fraction of sp³-hybridized carbons (Fsp3) is 0. The van der Waals surface area contributed by atoms with E-state index in [2.05, 4.69) is 38.0 Å². The van der Waals surface area contributed by atoms with Gasteiger partial charge in [0.05, 0.1) is 17.9 Å². The summed E-state index contributed by atoms with van der Waals surface area (Å²) >= 11 is 1.59. The minimum atomic E-state index is 0.677. The van der Waals surface area contributed by atoms with Gasteiger partial charge in [-0.15, -0.1) is 11.3 Å². The summed E-state index contributed by atoms with van der Waals surface area (Å²) < 4.78 is 5.22. The van der Waals surface area contributed by atoms with Crippen molar-refractivity contribution in [3.8, 4) is 11.1 Å². The predicted octanol–water partition coefficient (Wildman–Crippen LogP) is 4.40. The van der Waals surface area contributed by atoms with Crippen molar-refractivity contribution in [2.75, 3.05) is 5.43 Å². The van der Waals surface area contributed by atoms with Crippen molar-refractivity contribution >= 4 is 33.6 Å². The van der Waals surface area contributed by atoms with E-state index in [9.17, 15) is 0 Å². The standard InChI is InChI=1S/C17H12N4OS/c1-2-5-12(6-3-1)14-10-23-17-15(14)16(18-11-19-17)21-20-9-13-7-4-8-22-13/h1-11H,(H,18,19,21)/b20-9+. The zero-order chi connectivity index (χ0) is 15.5. The van der Waals surface area contributed by atoms with Gasteiger partial charge in [-0.05, 0) is 17.7 Å². The second kappa shape index (κ2) is 6.02. The van der Waals surface area contributed by atoms with E-state index in [0.29, 0.717) is 11.6 Å². The summed E-state index contributed by atoms with van der Waals surface area (Å²) in [5, 5.41) is 7.26. The number of thiophene rings is 1. The lowest BCUT2D eigenvalue weighted by molar-refractivity contribution is 0.560. The Morgan fingerprint density at radius 1 is 1.09 bits per heavy atom. The molecular formula is C17H12N4OS. The van der Waals surface area contributed by atoms with E-state index < -0.39 is 0 Å². The molecule has 0 aliphatic carbocycles. The van der Waals surface area contributed by atoms with E-state index in [1.807, 2.05) is 30.3 Å². The average Bonchev–Trinajstić information content (AvgIpc) is 3.25. The van der Waals surface area contributed by atoms with Gasteiger partial charge in [0.25, 0.3) is 0 Å². The molecule has 0 bridgehead atoms. The van der Waals surface area contributed by atoms with Crippen molar-refractivity contribution < 1.29 is 4.42 Å². The topological polar surface area (TPSA) is 63.3 Å². The number of nitrogens with one attached hydrogen (secondary N) is 1. The Morgan fingerprint density at radius 2 is 2.00 bits per heavy atom. The van der Waals surface area contributed by atoms with Gasteiger partial charge >= 0.3 is 0 Å². The second-order valence-corrected chi connectivity index (χ2v) is 5.66. The Balaban J connectivity index is 1.73. The van der Waals surface area contributed by atoms with Gasteiger partial charge in [0, 0.05) is 10.9 Å². The monoisotopic (exact) mass is 320 g/mol. The maximum Gasteiger partial charge on any atom is 0.159 e. The lowest BCUT2D eigenvalue weighted by Gasteiger charge is -2.04. The van der Waals surface area contributed by atoms with E-state index in [1.54, 1.807) is 30.1 Å². The van der Waals surface area contributed by atoms with Gasteiger partial charge in [0.1, 0.15) is 16.9 Å². The molecule has 1 aromatic carbocycles.